The number of likely N-dealkylation sites (tertiary alicyclic amines) is 1. The molecule has 1 aromatic carbocycles. The SMILES string of the molecule is CCOC(=O)N1CCC(NC(N)=NCCCOCc2ccc(OC)cc2)CC1. The molecule has 0 atom stereocenters. The minimum absolute atomic E-state index is 0.237. The zero-order valence-electron chi connectivity index (χ0n) is 16.9. The van der Waals surface area contributed by atoms with Crippen LogP contribution < -0.4 is 15.8 Å². The quantitative estimate of drug-likeness (QED) is 0.379. The summed E-state index contributed by atoms with van der Waals surface area (Å²) in [6.07, 6.45) is 2.23. The van der Waals surface area contributed by atoms with E-state index in [0.29, 0.717) is 45.4 Å². The molecule has 3 N–H and O–H groups in total. The predicted octanol–water partition coefficient (Wildman–Crippen LogP) is 2.13. The Labute approximate surface area is 167 Å². The van der Waals surface area contributed by atoms with Crippen LogP contribution in [0.1, 0.15) is 31.7 Å². The number of piperidine rings is 1. The minimum atomic E-state index is -0.239. The lowest BCUT2D eigenvalue weighted by molar-refractivity contribution is 0.0963. The van der Waals surface area contributed by atoms with Crippen LogP contribution in [0.4, 0.5) is 4.79 Å². The number of carbonyl (C=O) groups is 1. The molecule has 8 nitrogen and oxygen atoms in total. The molecule has 0 radical (unpaired) electrons. The highest BCUT2D eigenvalue weighted by molar-refractivity contribution is 5.78. The van der Waals surface area contributed by atoms with Crippen molar-refractivity contribution in [1.82, 2.24) is 10.2 Å². The molecular formula is C20H32N4O4. The number of rotatable bonds is 9. The predicted molar refractivity (Wildman–Crippen MR) is 109 cm³/mol. The molecule has 1 aliphatic rings. The van der Waals surface area contributed by atoms with Gasteiger partial charge < -0.3 is 30.2 Å². The van der Waals surface area contributed by atoms with E-state index in [1.165, 1.54) is 0 Å². The van der Waals surface area contributed by atoms with E-state index in [1.54, 1.807) is 12.0 Å². The Hall–Kier alpha value is -2.48. The molecule has 28 heavy (non-hydrogen) atoms. The first-order chi connectivity index (χ1) is 13.6. The highest BCUT2D eigenvalue weighted by Gasteiger charge is 2.23. The number of hydrogen-bond donors (Lipinski definition) is 2. The van der Waals surface area contributed by atoms with Crippen LogP contribution in [0.25, 0.3) is 0 Å². The number of nitrogens with zero attached hydrogens (tertiary/aromatic N) is 2. The minimum Gasteiger partial charge on any atom is -0.497 e. The van der Waals surface area contributed by atoms with E-state index in [1.807, 2.05) is 31.2 Å². The third-order valence-electron chi connectivity index (χ3n) is 4.53. The largest absolute Gasteiger partial charge is 0.497 e. The zero-order valence-corrected chi connectivity index (χ0v) is 16.9. The lowest BCUT2D eigenvalue weighted by Crippen LogP contribution is -2.48. The van der Waals surface area contributed by atoms with Gasteiger partial charge in [0.05, 0.1) is 20.3 Å². The standard InChI is InChI=1S/C20H32N4O4/c1-3-28-20(25)24-12-9-17(10-13-24)23-19(21)22-11-4-14-27-15-16-5-7-18(26-2)8-6-16/h5-8,17H,3-4,9-15H2,1-2H3,(H3,21,22,23). The van der Waals surface area contributed by atoms with Crippen molar-refractivity contribution in [2.24, 2.45) is 10.7 Å². The van der Waals surface area contributed by atoms with Gasteiger partial charge in [0, 0.05) is 32.3 Å². The van der Waals surface area contributed by atoms with E-state index >= 15 is 0 Å². The first-order valence-corrected chi connectivity index (χ1v) is 9.81. The second kappa shape index (κ2) is 12.1. The van der Waals surface area contributed by atoms with Crippen LogP contribution in [0.3, 0.4) is 0 Å². The lowest BCUT2D eigenvalue weighted by atomic mass is 10.1. The number of carbonyl (C=O) groups excluding carboxylic acids is 1. The van der Waals surface area contributed by atoms with Crippen molar-refractivity contribution in [3.05, 3.63) is 29.8 Å². The maximum Gasteiger partial charge on any atom is 0.409 e. The number of guanidine groups is 1. The van der Waals surface area contributed by atoms with Crippen LogP contribution >= 0.6 is 0 Å². The summed E-state index contributed by atoms with van der Waals surface area (Å²) in [6.45, 7) is 5.37. The van der Waals surface area contributed by atoms with Crippen LogP contribution in [0.2, 0.25) is 0 Å². The maximum absolute atomic E-state index is 11.7. The molecule has 8 heteroatoms. The number of methoxy groups -OCH3 is 1. The second-order valence-corrected chi connectivity index (χ2v) is 6.63. The van der Waals surface area contributed by atoms with E-state index in [-0.39, 0.29) is 12.1 Å². The summed E-state index contributed by atoms with van der Waals surface area (Å²) >= 11 is 0. The van der Waals surface area contributed by atoms with E-state index in [0.717, 1.165) is 30.6 Å². The summed E-state index contributed by atoms with van der Waals surface area (Å²) in [7, 11) is 1.65. The number of aliphatic imine (C=N–C) groups is 1. The van der Waals surface area contributed by atoms with Gasteiger partial charge in [-0.1, -0.05) is 12.1 Å². The van der Waals surface area contributed by atoms with Gasteiger partial charge >= 0.3 is 6.09 Å². The zero-order chi connectivity index (χ0) is 20.2. The Bertz CT molecular complexity index is 613. The van der Waals surface area contributed by atoms with Crippen molar-refractivity contribution >= 4 is 12.1 Å². The van der Waals surface area contributed by atoms with E-state index in [9.17, 15) is 4.79 Å². The van der Waals surface area contributed by atoms with Gasteiger partial charge in [-0.15, -0.1) is 0 Å². The monoisotopic (exact) mass is 392 g/mol. The second-order valence-electron chi connectivity index (χ2n) is 6.63. The molecule has 1 fully saturated rings. The van der Waals surface area contributed by atoms with E-state index < -0.39 is 0 Å². The normalized spacial score (nSPS) is 15.4. The number of amides is 1. The van der Waals surface area contributed by atoms with Gasteiger partial charge in [-0.3, -0.25) is 4.99 Å². The molecule has 2 rings (SSSR count). The summed E-state index contributed by atoms with van der Waals surface area (Å²) in [6, 6.07) is 8.07. The highest BCUT2D eigenvalue weighted by atomic mass is 16.6. The summed E-state index contributed by atoms with van der Waals surface area (Å²) in [5.74, 6) is 1.29. The van der Waals surface area contributed by atoms with Crippen molar-refractivity contribution < 1.29 is 19.0 Å². The summed E-state index contributed by atoms with van der Waals surface area (Å²) < 4.78 is 15.8. The first-order valence-electron chi connectivity index (χ1n) is 9.81. The van der Waals surface area contributed by atoms with Crippen molar-refractivity contribution in [2.45, 2.75) is 38.8 Å². The highest BCUT2D eigenvalue weighted by Crippen LogP contribution is 2.12. The molecule has 0 aromatic heterocycles. The lowest BCUT2D eigenvalue weighted by Gasteiger charge is -2.31. The van der Waals surface area contributed by atoms with Crippen LogP contribution in [-0.4, -0.2) is 63.0 Å². The molecule has 1 saturated heterocycles. The molecule has 0 saturated carbocycles. The fourth-order valence-electron chi connectivity index (χ4n) is 2.95. The number of hydrogen-bond acceptors (Lipinski definition) is 5. The number of nitrogens with one attached hydrogen (secondary N) is 1. The van der Waals surface area contributed by atoms with Gasteiger partial charge in [-0.2, -0.15) is 0 Å². The molecular weight excluding hydrogens is 360 g/mol. The molecule has 0 bridgehead atoms. The number of ether oxygens (including phenoxy) is 3. The topological polar surface area (TPSA) is 98.4 Å². The van der Waals surface area contributed by atoms with E-state index in [4.69, 9.17) is 19.9 Å². The van der Waals surface area contributed by atoms with Crippen molar-refractivity contribution in [1.29, 1.82) is 0 Å². The first kappa shape index (κ1) is 21.8. The molecule has 1 aromatic rings. The molecule has 156 valence electrons. The average molecular weight is 393 g/mol. The molecule has 0 spiro atoms. The molecule has 1 amide bonds. The Morgan fingerprint density at radius 3 is 2.64 bits per heavy atom. The fraction of sp³-hybridized carbons (Fsp3) is 0.600. The van der Waals surface area contributed by atoms with Crippen LogP contribution in [-0.2, 0) is 16.1 Å². The Morgan fingerprint density at radius 2 is 2.00 bits per heavy atom. The van der Waals surface area contributed by atoms with Gasteiger partial charge in [-0.25, -0.2) is 4.79 Å². The molecule has 1 aliphatic heterocycles. The molecule has 1 heterocycles. The third kappa shape index (κ3) is 7.64. The summed E-state index contributed by atoms with van der Waals surface area (Å²) in [5.41, 5.74) is 7.07. The van der Waals surface area contributed by atoms with Gasteiger partial charge in [-0.05, 0) is 43.9 Å². The van der Waals surface area contributed by atoms with Crippen LogP contribution in [0, 0.1) is 0 Å². The third-order valence-corrected chi connectivity index (χ3v) is 4.53. The number of benzene rings is 1. The van der Waals surface area contributed by atoms with Gasteiger partial charge in [0.1, 0.15) is 5.75 Å². The fourth-order valence-corrected chi connectivity index (χ4v) is 2.95. The maximum atomic E-state index is 11.7. The smallest absolute Gasteiger partial charge is 0.409 e. The summed E-state index contributed by atoms with van der Waals surface area (Å²) in [5, 5.41) is 3.23. The van der Waals surface area contributed by atoms with Crippen LogP contribution in [0.15, 0.2) is 29.3 Å². The average Bonchev–Trinajstić information content (AvgIpc) is 2.71. The Kier molecular flexibility index (Phi) is 9.41. The van der Waals surface area contributed by atoms with Gasteiger partial charge in [0.15, 0.2) is 5.96 Å². The van der Waals surface area contributed by atoms with E-state index in [2.05, 4.69) is 10.3 Å². The van der Waals surface area contributed by atoms with Crippen molar-refractivity contribution in [3.8, 4) is 5.75 Å². The van der Waals surface area contributed by atoms with Crippen LogP contribution in [0.5, 0.6) is 5.75 Å². The van der Waals surface area contributed by atoms with Crippen molar-refractivity contribution in [2.75, 3.05) is 40.0 Å². The van der Waals surface area contributed by atoms with Gasteiger partial charge in [0.25, 0.3) is 0 Å². The Balaban J connectivity index is 1.56. The summed E-state index contributed by atoms with van der Waals surface area (Å²) in [4.78, 5) is 17.8. The van der Waals surface area contributed by atoms with Gasteiger partial charge in [0.2, 0.25) is 0 Å². The molecule has 0 unspecified atom stereocenters. The Morgan fingerprint density at radius 1 is 1.29 bits per heavy atom. The van der Waals surface area contributed by atoms with Crippen molar-refractivity contribution in [3.63, 3.8) is 0 Å². The molecule has 0 aliphatic carbocycles. The number of nitrogens with two attached hydrogens (primary N) is 1.